The SMILES string of the molecule is COc1cc(C=O)cc(Br)c1OC(C)C(=O)N1CCCC1. The predicted octanol–water partition coefficient (Wildman–Crippen LogP) is 2.66. The summed E-state index contributed by atoms with van der Waals surface area (Å²) in [6.45, 7) is 3.30. The van der Waals surface area contributed by atoms with Gasteiger partial charge in [0.2, 0.25) is 0 Å². The first kappa shape index (κ1) is 15.8. The summed E-state index contributed by atoms with van der Waals surface area (Å²) < 4.78 is 11.6. The fraction of sp³-hybridized carbons (Fsp3) is 0.467. The van der Waals surface area contributed by atoms with Crippen LogP contribution < -0.4 is 9.47 Å². The molecule has 5 nitrogen and oxygen atoms in total. The number of rotatable bonds is 5. The second-order valence-corrected chi connectivity index (χ2v) is 5.80. The highest BCUT2D eigenvalue weighted by Gasteiger charge is 2.26. The summed E-state index contributed by atoms with van der Waals surface area (Å²) in [7, 11) is 1.50. The molecule has 2 rings (SSSR count). The maximum atomic E-state index is 12.3. The Balaban J connectivity index is 2.18. The van der Waals surface area contributed by atoms with Gasteiger partial charge in [0.1, 0.15) is 6.29 Å². The van der Waals surface area contributed by atoms with Crippen LogP contribution >= 0.6 is 15.9 Å². The molecule has 114 valence electrons. The van der Waals surface area contributed by atoms with Gasteiger partial charge in [-0.1, -0.05) is 0 Å². The quantitative estimate of drug-likeness (QED) is 0.762. The van der Waals surface area contributed by atoms with Crippen LogP contribution in [0, 0.1) is 0 Å². The highest BCUT2D eigenvalue weighted by atomic mass is 79.9. The number of aldehydes is 1. The minimum Gasteiger partial charge on any atom is -0.493 e. The summed E-state index contributed by atoms with van der Waals surface area (Å²) in [5, 5.41) is 0. The Kier molecular flexibility index (Phi) is 5.22. The van der Waals surface area contributed by atoms with Crippen molar-refractivity contribution in [1.29, 1.82) is 0 Å². The van der Waals surface area contributed by atoms with Gasteiger partial charge in [0.05, 0.1) is 11.6 Å². The molecule has 6 heteroatoms. The molecule has 1 aromatic carbocycles. The van der Waals surface area contributed by atoms with Gasteiger partial charge in [0.25, 0.3) is 5.91 Å². The number of halogens is 1. The molecule has 1 fully saturated rings. The van der Waals surface area contributed by atoms with Gasteiger partial charge in [-0.25, -0.2) is 0 Å². The number of hydrogen-bond acceptors (Lipinski definition) is 4. The van der Waals surface area contributed by atoms with Gasteiger partial charge in [-0.3, -0.25) is 9.59 Å². The maximum absolute atomic E-state index is 12.3. The number of ether oxygens (including phenoxy) is 2. The molecule has 0 bridgehead atoms. The lowest BCUT2D eigenvalue weighted by molar-refractivity contribution is -0.136. The van der Waals surface area contributed by atoms with Crippen molar-refractivity contribution in [1.82, 2.24) is 4.90 Å². The average molecular weight is 356 g/mol. The molecule has 1 amide bonds. The van der Waals surface area contributed by atoms with E-state index in [-0.39, 0.29) is 5.91 Å². The highest BCUT2D eigenvalue weighted by Crippen LogP contribution is 2.37. The Labute approximate surface area is 132 Å². The van der Waals surface area contributed by atoms with Crippen molar-refractivity contribution >= 4 is 28.1 Å². The molecule has 0 spiro atoms. The topological polar surface area (TPSA) is 55.8 Å². The van der Waals surface area contributed by atoms with Gasteiger partial charge in [-0.05, 0) is 47.8 Å². The van der Waals surface area contributed by atoms with Crippen LogP contribution in [0.2, 0.25) is 0 Å². The number of likely N-dealkylation sites (tertiary alicyclic amines) is 1. The lowest BCUT2D eigenvalue weighted by atomic mass is 10.2. The van der Waals surface area contributed by atoms with Crippen LogP contribution in [0.1, 0.15) is 30.1 Å². The number of carbonyl (C=O) groups excluding carboxylic acids is 2. The van der Waals surface area contributed by atoms with Crippen LogP contribution in [0.25, 0.3) is 0 Å². The molecule has 0 saturated carbocycles. The molecule has 1 aliphatic rings. The van der Waals surface area contributed by atoms with E-state index in [1.165, 1.54) is 7.11 Å². The molecule has 1 unspecified atom stereocenters. The summed E-state index contributed by atoms with van der Waals surface area (Å²) >= 11 is 3.35. The number of amides is 1. The smallest absolute Gasteiger partial charge is 0.263 e. The van der Waals surface area contributed by atoms with Crippen molar-refractivity contribution < 1.29 is 19.1 Å². The van der Waals surface area contributed by atoms with Gasteiger partial charge in [-0.15, -0.1) is 0 Å². The van der Waals surface area contributed by atoms with Crippen LogP contribution in [0.3, 0.4) is 0 Å². The van der Waals surface area contributed by atoms with Crippen LogP contribution in [0.15, 0.2) is 16.6 Å². The summed E-state index contributed by atoms with van der Waals surface area (Å²) in [6, 6.07) is 3.22. The minimum atomic E-state index is -0.601. The van der Waals surface area contributed by atoms with E-state index in [2.05, 4.69) is 15.9 Å². The lowest BCUT2D eigenvalue weighted by Crippen LogP contribution is -2.38. The summed E-state index contributed by atoms with van der Waals surface area (Å²) in [5.41, 5.74) is 0.476. The lowest BCUT2D eigenvalue weighted by Gasteiger charge is -2.22. The van der Waals surface area contributed by atoms with E-state index in [1.807, 2.05) is 4.90 Å². The minimum absolute atomic E-state index is 0.0269. The van der Waals surface area contributed by atoms with Gasteiger partial charge in [0.15, 0.2) is 17.6 Å². The third-order valence-electron chi connectivity index (χ3n) is 3.45. The molecule has 0 N–H and O–H groups in total. The zero-order valence-electron chi connectivity index (χ0n) is 12.1. The largest absolute Gasteiger partial charge is 0.493 e. The fourth-order valence-corrected chi connectivity index (χ4v) is 2.90. The molecule has 1 saturated heterocycles. The van der Waals surface area contributed by atoms with Crippen LogP contribution in [0.4, 0.5) is 0 Å². The van der Waals surface area contributed by atoms with Crippen molar-refractivity contribution in [2.24, 2.45) is 0 Å². The molecule has 1 aromatic rings. The number of nitrogens with zero attached hydrogens (tertiary/aromatic N) is 1. The zero-order valence-corrected chi connectivity index (χ0v) is 13.7. The van der Waals surface area contributed by atoms with E-state index in [4.69, 9.17) is 9.47 Å². The number of hydrogen-bond donors (Lipinski definition) is 0. The standard InChI is InChI=1S/C15H18BrNO4/c1-10(15(19)17-5-3-4-6-17)21-14-12(16)7-11(9-18)8-13(14)20-2/h7-10H,3-6H2,1-2H3. The first-order valence-corrected chi connectivity index (χ1v) is 7.64. The molecular weight excluding hydrogens is 338 g/mol. The van der Waals surface area contributed by atoms with Crippen molar-refractivity contribution in [3.05, 3.63) is 22.2 Å². The zero-order chi connectivity index (χ0) is 15.4. The van der Waals surface area contributed by atoms with Crippen LogP contribution in [0.5, 0.6) is 11.5 Å². The Morgan fingerprint density at radius 1 is 1.38 bits per heavy atom. The highest BCUT2D eigenvalue weighted by molar-refractivity contribution is 9.10. The van der Waals surface area contributed by atoms with Crippen molar-refractivity contribution in [2.75, 3.05) is 20.2 Å². The van der Waals surface area contributed by atoms with E-state index in [1.54, 1.807) is 19.1 Å². The summed E-state index contributed by atoms with van der Waals surface area (Å²) in [6.07, 6.45) is 2.21. The first-order chi connectivity index (χ1) is 10.1. The Bertz CT molecular complexity index is 541. The molecule has 1 aliphatic heterocycles. The van der Waals surface area contributed by atoms with Gasteiger partial charge < -0.3 is 14.4 Å². The van der Waals surface area contributed by atoms with E-state index in [0.717, 1.165) is 32.2 Å². The second kappa shape index (κ2) is 6.93. The second-order valence-electron chi connectivity index (χ2n) is 4.94. The number of methoxy groups -OCH3 is 1. The third kappa shape index (κ3) is 3.56. The molecule has 0 aromatic heterocycles. The Hall–Kier alpha value is -1.56. The fourth-order valence-electron chi connectivity index (χ4n) is 2.34. The molecule has 21 heavy (non-hydrogen) atoms. The van der Waals surface area contributed by atoms with Crippen LogP contribution in [-0.4, -0.2) is 43.4 Å². The Morgan fingerprint density at radius 2 is 2.05 bits per heavy atom. The number of benzene rings is 1. The van der Waals surface area contributed by atoms with Crippen molar-refractivity contribution in [2.45, 2.75) is 25.9 Å². The van der Waals surface area contributed by atoms with Crippen LogP contribution in [-0.2, 0) is 4.79 Å². The molecule has 0 aliphatic carbocycles. The summed E-state index contributed by atoms with van der Waals surface area (Å²) in [4.78, 5) is 24.9. The average Bonchev–Trinajstić information content (AvgIpc) is 3.02. The van der Waals surface area contributed by atoms with E-state index in [9.17, 15) is 9.59 Å². The molecule has 1 heterocycles. The van der Waals surface area contributed by atoms with Gasteiger partial charge in [-0.2, -0.15) is 0 Å². The predicted molar refractivity (Wildman–Crippen MR) is 82.0 cm³/mol. The molecule has 0 radical (unpaired) electrons. The van der Waals surface area contributed by atoms with Gasteiger partial charge in [0, 0.05) is 18.7 Å². The maximum Gasteiger partial charge on any atom is 0.263 e. The van der Waals surface area contributed by atoms with Crippen molar-refractivity contribution in [3.8, 4) is 11.5 Å². The Morgan fingerprint density at radius 3 is 2.62 bits per heavy atom. The van der Waals surface area contributed by atoms with Crippen molar-refractivity contribution in [3.63, 3.8) is 0 Å². The molecular formula is C15H18BrNO4. The van der Waals surface area contributed by atoms with E-state index < -0.39 is 6.10 Å². The number of carbonyl (C=O) groups is 2. The van der Waals surface area contributed by atoms with Gasteiger partial charge >= 0.3 is 0 Å². The normalized spacial score (nSPS) is 15.7. The van der Waals surface area contributed by atoms with E-state index in [0.29, 0.717) is 21.5 Å². The first-order valence-electron chi connectivity index (χ1n) is 6.85. The monoisotopic (exact) mass is 355 g/mol. The summed E-state index contributed by atoms with van der Waals surface area (Å²) in [5.74, 6) is 0.830. The third-order valence-corrected chi connectivity index (χ3v) is 4.04. The van der Waals surface area contributed by atoms with E-state index >= 15 is 0 Å². The molecule has 1 atom stereocenters.